The first-order valence-electron chi connectivity index (χ1n) is 30.1. The molecule has 0 radical (unpaired) electrons. The van der Waals surface area contributed by atoms with Gasteiger partial charge >= 0.3 is 39.5 Å². The van der Waals surface area contributed by atoms with Gasteiger partial charge in [0.05, 0.1) is 26.4 Å². The minimum Gasteiger partial charge on any atom is -0.462 e. The summed E-state index contributed by atoms with van der Waals surface area (Å²) >= 11 is 0. The summed E-state index contributed by atoms with van der Waals surface area (Å²) in [5.74, 6) is -1.37. The van der Waals surface area contributed by atoms with E-state index in [9.17, 15) is 43.2 Å². The molecule has 0 aromatic carbocycles. The Kier molecular flexibility index (Phi) is 49.9. The number of hydrogen-bond donors (Lipinski definition) is 3. The summed E-state index contributed by atoms with van der Waals surface area (Å²) in [7, 11) is -9.85. The van der Waals surface area contributed by atoms with Crippen LogP contribution in [0, 0.1) is 5.92 Å². The van der Waals surface area contributed by atoms with E-state index < -0.39 is 97.5 Å². The van der Waals surface area contributed by atoms with Crippen LogP contribution in [-0.4, -0.2) is 96.7 Å². The van der Waals surface area contributed by atoms with Gasteiger partial charge in [0, 0.05) is 25.7 Å². The molecule has 19 heteroatoms. The Morgan fingerprint density at radius 2 is 0.605 bits per heavy atom. The van der Waals surface area contributed by atoms with E-state index in [4.69, 9.17) is 37.0 Å². The van der Waals surface area contributed by atoms with E-state index in [1.807, 2.05) is 0 Å². The molecular weight excluding hydrogens is 1020 g/mol. The summed E-state index contributed by atoms with van der Waals surface area (Å²) in [5.41, 5.74) is 0. The number of hydrogen-bond acceptors (Lipinski definition) is 15. The van der Waals surface area contributed by atoms with E-state index in [0.29, 0.717) is 25.7 Å². The van der Waals surface area contributed by atoms with Crippen LogP contribution in [0.15, 0.2) is 0 Å². The van der Waals surface area contributed by atoms with E-state index in [0.717, 1.165) is 109 Å². The molecule has 0 saturated carbocycles. The lowest BCUT2D eigenvalue weighted by Crippen LogP contribution is -2.30. The van der Waals surface area contributed by atoms with Crippen molar-refractivity contribution in [1.82, 2.24) is 0 Å². The Hall–Kier alpha value is -1.94. The lowest BCUT2D eigenvalue weighted by atomic mass is 10.0. The SMILES string of the molecule is CCCCCCCCCCC(=O)OC[C@H](COP(=O)(O)OC[C@@H](O)COP(=O)(O)OC[C@@H](COC(=O)CCCCCCC)OC(=O)CCCCCCC)OC(=O)CCCCCCCCCCCCCCCCCC(C)C. The summed E-state index contributed by atoms with van der Waals surface area (Å²) in [6, 6.07) is 0. The highest BCUT2D eigenvalue weighted by Crippen LogP contribution is 2.45. The lowest BCUT2D eigenvalue weighted by Gasteiger charge is -2.21. The predicted molar refractivity (Wildman–Crippen MR) is 298 cm³/mol. The first-order valence-corrected chi connectivity index (χ1v) is 33.1. The van der Waals surface area contributed by atoms with Crippen molar-refractivity contribution in [2.24, 2.45) is 5.92 Å². The maximum Gasteiger partial charge on any atom is 0.472 e. The standard InChI is InChI=1S/C57H110O17P2/c1-6-9-12-15-16-27-32-36-41-55(60)68-47-53(74-57(62)43-38-33-28-25-23-21-19-17-18-20-22-24-26-31-34-39-50(4)5)49-72-76(65,66)70-45-51(58)44-69-75(63,64)71-48-52(73-56(61)42-37-30-14-11-8-3)46-67-54(59)40-35-29-13-10-7-2/h50-53,58H,6-49H2,1-5H3,(H,63,64)(H,65,66)/t51-,52+,53+/m0/s1. The van der Waals surface area contributed by atoms with Gasteiger partial charge < -0.3 is 33.8 Å². The summed E-state index contributed by atoms with van der Waals surface area (Å²) < 4.78 is 67.2. The van der Waals surface area contributed by atoms with Crippen LogP contribution in [0.3, 0.4) is 0 Å². The summed E-state index contributed by atoms with van der Waals surface area (Å²) in [5, 5.41) is 10.4. The van der Waals surface area contributed by atoms with Crippen molar-refractivity contribution in [3.8, 4) is 0 Å². The van der Waals surface area contributed by atoms with Gasteiger partial charge in [-0.15, -0.1) is 0 Å². The van der Waals surface area contributed by atoms with Gasteiger partial charge in [-0.2, -0.15) is 0 Å². The Morgan fingerprint density at radius 1 is 0.355 bits per heavy atom. The van der Waals surface area contributed by atoms with Crippen LogP contribution in [0.25, 0.3) is 0 Å². The van der Waals surface area contributed by atoms with Crippen molar-refractivity contribution in [2.45, 2.75) is 297 Å². The molecule has 0 aromatic rings. The molecule has 0 fully saturated rings. The van der Waals surface area contributed by atoms with Crippen LogP contribution in [0.2, 0.25) is 0 Å². The molecule has 0 aliphatic rings. The normalized spacial score (nSPS) is 14.4. The highest BCUT2D eigenvalue weighted by Gasteiger charge is 2.30. The van der Waals surface area contributed by atoms with Crippen molar-refractivity contribution in [1.29, 1.82) is 0 Å². The molecule has 0 bridgehead atoms. The third kappa shape index (κ3) is 51.5. The molecule has 2 unspecified atom stereocenters. The summed E-state index contributed by atoms with van der Waals surface area (Å²) in [4.78, 5) is 71.3. The van der Waals surface area contributed by atoms with Gasteiger partial charge in [-0.25, -0.2) is 9.13 Å². The van der Waals surface area contributed by atoms with Crippen molar-refractivity contribution in [3.05, 3.63) is 0 Å². The molecule has 17 nitrogen and oxygen atoms in total. The van der Waals surface area contributed by atoms with Gasteiger partial charge in [0.25, 0.3) is 0 Å². The smallest absolute Gasteiger partial charge is 0.462 e. The van der Waals surface area contributed by atoms with Crippen molar-refractivity contribution >= 4 is 39.5 Å². The maximum atomic E-state index is 12.9. The molecule has 0 heterocycles. The minimum atomic E-state index is -4.93. The first kappa shape index (κ1) is 74.1. The molecule has 76 heavy (non-hydrogen) atoms. The largest absolute Gasteiger partial charge is 0.472 e. The molecule has 0 saturated heterocycles. The fourth-order valence-electron chi connectivity index (χ4n) is 8.34. The summed E-state index contributed by atoms with van der Waals surface area (Å²) in [6.07, 6.45) is 33.0. The average Bonchev–Trinajstić information content (AvgIpc) is 3.38. The number of phosphoric ester groups is 2. The fraction of sp³-hybridized carbons (Fsp3) is 0.930. The summed E-state index contributed by atoms with van der Waals surface area (Å²) in [6.45, 7) is 6.96. The van der Waals surface area contributed by atoms with Gasteiger partial charge in [-0.05, 0) is 31.6 Å². The molecule has 0 rings (SSSR count). The van der Waals surface area contributed by atoms with E-state index in [2.05, 4.69) is 34.6 Å². The number of ether oxygens (including phenoxy) is 4. The highest BCUT2D eigenvalue weighted by atomic mass is 31.2. The van der Waals surface area contributed by atoms with Gasteiger partial charge in [0.2, 0.25) is 0 Å². The Labute approximate surface area is 460 Å². The van der Waals surface area contributed by atoms with Gasteiger partial charge in [0.15, 0.2) is 12.2 Å². The number of rotatable bonds is 57. The van der Waals surface area contributed by atoms with Crippen LogP contribution in [0.5, 0.6) is 0 Å². The Bertz CT molecular complexity index is 1500. The first-order chi connectivity index (χ1) is 36.5. The topological polar surface area (TPSA) is 237 Å². The van der Waals surface area contributed by atoms with Crippen LogP contribution in [0.1, 0.15) is 279 Å². The minimum absolute atomic E-state index is 0.0988. The quantitative estimate of drug-likeness (QED) is 0.0222. The highest BCUT2D eigenvalue weighted by molar-refractivity contribution is 7.47. The predicted octanol–water partition coefficient (Wildman–Crippen LogP) is 15.1. The monoisotopic (exact) mass is 1130 g/mol. The number of aliphatic hydroxyl groups is 1. The molecule has 3 N–H and O–H groups in total. The van der Waals surface area contributed by atoms with Crippen molar-refractivity contribution < 1.29 is 80.2 Å². The van der Waals surface area contributed by atoms with Crippen molar-refractivity contribution in [3.63, 3.8) is 0 Å². The maximum absolute atomic E-state index is 12.9. The molecule has 0 aliphatic heterocycles. The van der Waals surface area contributed by atoms with E-state index >= 15 is 0 Å². The Balaban J connectivity index is 5.04. The van der Waals surface area contributed by atoms with Gasteiger partial charge in [-0.3, -0.25) is 37.3 Å². The second kappa shape index (κ2) is 51.2. The molecule has 0 aliphatic carbocycles. The zero-order valence-corrected chi connectivity index (χ0v) is 50.2. The second-order valence-electron chi connectivity index (χ2n) is 21.2. The third-order valence-electron chi connectivity index (χ3n) is 13.0. The fourth-order valence-corrected chi connectivity index (χ4v) is 9.92. The number of carbonyl (C=O) groups excluding carboxylic acids is 4. The second-order valence-corrected chi connectivity index (χ2v) is 24.1. The molecular formula is C57H110O17P2. The lowest BCUT2D eigenvalue weighted by molar-refractivity contribution is -0.161. The number of carbonyl (C=O) groups is 4. The van der Waals surface area contributed by atoms with E-state index in [1.165, 1.54) is 89.9 Å². The molecule has 450 valence electrons. The van der Waals surface area contributed by atoms with Crippen LogP contribution in [-0.2, 0) is 65.4 Å². The molecule has 5 atom stereocenters. The van der Waals surface area contributed by atoms with E-state index in [-0.39, 0.29) is 25.7 Å². The zero-order valence-electron chi connectivity index (χ0n) is 48.4. The third-order valence-corrected chi connectivity index (χ3v) is 14.9. The zero-order chi connectivity index (χ0) is 56.4. The number of phosphoric acid groups is 2. The van der Waals surface area contributed by atoms with Crippen LogP contribution >= 0.6 is 15.6 Å². The molecule has 0 amide bonds. The molecule has 0 spiro atoms. The Morgan fingerprint density at radius 3 is 0.895 bits per heavy atom. The number of unbranched alkanes of at least 4 members (excludes halogenated alkanes) is 29. The van der Waals surface area contributed by atoms with Crippen molar-refractivity contribution in [2.75, 3.05) is 39.6 Å². The van der Waals surface area contributed by atoms with Crippen LogP contribution < -0.4 is 0 Å². The van der Waals surface area contributed by atoms with Gasteiger partial charge in [0.1, 0.15) is 19.3 Å². The number of aliphatic hydroxyl groups excluding tert-OH is 1. The van der Waals surface area contributed by atoms with Crippen LogP contribution in [0.4, 0.5) is 0 Å². The molecule has 0 aromatic heterocycles. The van der Waals surface area contributed by atoms with E-state index in [1.54, 1.807) is 0 Å². The average molecular weight is 1130 g/mol. The number of esters is 4. The van der Waals surface area contributed by atoms with Gasteiger partial charge in [-0.1, -0.05) is 227 Å².